The summed E-state index contributed by atoms with van der Waals surface area (Å²) in [5.74, 6) is 2.45. The van der Waals surface area contributed by atoms with Crippen molar-refractivity contribution in [1.29, 1.82) is 0 Å². The Hall–Kier alpha value is -2.32. The molecule has 1 saturated carbocycles. The summed E-state index contributed by atoms with van der Waals surface area (Å²) in [5.41, 5.74) is 1.61. The molecule has 9 heteroatoms. The molecule has 2 aliphatic rings. The number of benzene rings is 1. The molecule has 1 aliphatic carbocycles. The van der Waals surface area contributed by atoms with Crippen molar-refractivity contribution in [3.8, 4) is 11.5 Å². The number of rotatable bonds is 7. The maximum atomic E-state index is 12.9. The molecule has 5 rings (SSSR count). The summed E-state index contributed by atoms with van der Waals surface area (Å²) in [6, 6.07) is 9.87. The molecule has 0 bridgehead atoms. The predicted octanol–water partition coefficient (Wildman–Crippen LogP) is 4.86. The Morgan fingerprint density at radius 2 is 1.82 bits per heavy atom. The molecule has 1 aromatic carbocycles. The molecule has 33 heavy (non-hydrogen) atoms. The Kier molecular flexibility index (Phi) is 6.35. The monoisotopic (exact) mass is 479 g/mol. The third kappa shape index (κ3) is 4.43. The van der Waals surface area contributed by atoms with Gasteiger partial charge in [-0.25, -0.2) is 0 Å². The highest BCUT2D eigenvalue weighted by Gasteiger charge is 2.60. The second-order valence-electron chi connectivity index (χ2n) is 9.33. The van der Waals surface area contributed by atoms with Crippen molar-refractivity contribution in [2.24, 2.45) is 20.0 Å². The van der Waals surface area contributed by atoms with Gasteiger partial charge in [-0.3, -0.25) is 0 Å². The zero-order chi connectivity index (χ0) is 22.5. The summed E-state index contributed by atoms with van der Waals surface area (Å²) in [6.07, 6.45) is 1.81. The van der Waals surface area contributed by atoms with Gasteiger partial charge in [0.15, 0.2) is 5.82 Å². The first-order chi connectivity index (χ1) is 15.3. The van der Waals surface area contributed by atoms with E-state index in [9.17, 15) is 13.2 Å². The topological polar surface area (TPSA) is 38.9 Å². The van der Waals surface area contributed by atoms with Gasteiger partial charge in [-0.05, 0) is 61.6 Å². The van der Waals surface area contributed by atoms with Crippen molar-refractivity contribution in [2.75, 3.05) is 19.6 Å². The number of halogens is 4. The van der Waals surface area contributed by atoms with E-state index in [0.717, 1.165) is 68.2 Å². The van der Waals surface area contributed by atoms with Crippen molar-refractivity contribution in [3.63, 3.8) is 0 Å². The van der Waals surface area contributed by atoms with E-state index >= 15 is 0 Å². The summed E-state index contributed by atoms with van der Waals surface area (Å²) >= 11 is 0. The summed E-state index contributed by atoms with van der Waals surface area (Å²) in [4.78, 5) is 2.47. The molecular formula is C24H29ClF3N5. The highest BCUT2D eigenvalue weighted by Crippen LogP contribution is 2.59. The molecule has 2 aromatic heterocycles. The van der Waals surface area contributed by atoms with Gasteiger partial charge >= 0.3 is 6.18 Å². The van der Waals surface area contributed by atoms with Crippen LogP contribution in [0.1, 0.15) is 36.2 Å². The smallest absolute Gasteiger partial charge is 0.348 e. The standard InChI is InChI=1S/C24H28F3N5.ClH/c1-30-12-5-6-20(30)22-29-28-21(31(22)2)7-3-4-13-32-15-19-14-23(19,16-32)17-8-10-18(11-9-17)24(25,26)27;/h5-6,8-12,19H,3-4,7,13-16H2,1-2H3;1H/t19-,23+;/m0./s1. The van der Waals surface area contributed by atoms with E-state index in [1.165, 1.54) is 12.1 Å². The fourth-order valence-corrected chi connectivity index (χ4v) is 5.31. The van der Waals surface area contributed by atoms with Crippen LogP contribution in [-0.4, -0.2) is 43.9 Å². The Morgan fingerprint density at radius 1 is 1.06 bits per heavy atom. The largest absolute Gasteiger partial charge is 0.416 e. The molecule has 178 valence electrons. The molecule has 2 atom stereocenters. The first-order valence-electron chi connectivity index (χ1n) is 11.2. The molecule has 3 heterocycles. The molecule has 0 radical (unpaired) electrons. The lowest BCUT2D eigenvalue weighted by molar-refractivity contribution is -0.137. The third-order valence-electron chi connectivity index (χ3n) is 7.27. The van der Waals surface area contributed by atoms with Gasteiger partial charge in [0, 0.05) is 45.2 Å². The molecule has 0 amide bonds. The number of fused-ring (bicyclic) bond motifs is 1. The Morgan fingerprint density at radius 3 is 2.48 bits per heavy atom. The van der Waals surface area contributed by atoms with E-state index in [1.54, 1.807) is 12.1 Å². The second kappa shape index (κ2) is 8.80. The molecule has 1 saturated heterocycles. The van der Waals surface area contributed by atoms with Crippen LogP contribution in [0.15, 0.2) is 42.6 Å². The molecule has 5 nitrogen and oxygen atoms in total. The zero-order valence-corrected chi connectivity index (χ0v) is 19.7. The van der Waals surface area contributed by atoms with E-state index in [2.05, 4.69) is 19.7 Å². The molecule has 0 spiro atoms. The van der Waals surface area contributed by atoms with Crippen molar-refractivity contribution in [2.45, 2.75) is 37.3 Å². The maximum Gasteiger partial charge on any atom is 0.416 e. The average molecular weight is 480 g/mol. The van der Waals surface area contributed by atoms with Gasteiger partial charge in [-0.15, -0.1) is 22.6 Å². The molecule has 3 aromatic rings. The number of hydrogen-bond donors (Lipinski definition) is 0. The number of piperidine rings is 1. The number of nitrogens with zero attached hydrogens (tertiary/aromatic N) is 5. The minimum atomic E-state index is -4.27. The summed E-state index contributed by atoms with van der Waals surface area (Å²) in [6.45, 7) is 3.01. The van der Waals surface area contributed by atoms with E-state index in [-0.39, 0.29) is 17.8 Å². The van der Waals surface area contributed by atoms with Crippen molar-refractivity contribution >= 4 is 12.4 Å². The van der Waals surface area contributed by atoms with Crippen LogP contribution in [0.2, 0.25) is 0 Å². The van der Waals surface area contributed by atoms with Gasteiger partial charge in [0.1, 0.15) is 5.82 Å². The fraction of sp³-hybridized carbons (Fsp3) is 0.500. The molecule has 0 N–H and O–H groups in total. The maximum absolute atomic E-state index is 12.9. The van der Waals surface area contributed by atoms with Gasteiger partial charge in [0.25, 0.3) is 0 Å². The van der Waals surface area contributed by atoms with Crippen molar-refractivity contribution < 1.29 is 13.2 Å². The van der Waals surface area contributed by atoms with Crippen LogP contribution in [0.3, 0.4) is 0 Å². The third-order valence-corrected chi connectivity index (χ3v) is 7.27. The number of aryl methyl sites for hydroxylation is 2. The summed E-state index contributed by atoms with van der Waals surface area (Å²) in [5, 5.41) is 8.75. The quantitative estimate of drug-likeness (QED) is 0.454. The molecular weight excluding hydrogens is 451 g/mol. The lowest BCUT2D eigenvalue weighted by Crippen LogP contribution is -2.27. The highest BCUT2D eigenvalue weighted by molar-refractivity contribution is 5.85. The highest BCUT2D eigenvalue weighted by atomic mass is 35.5. The van der Waals surface area contributed by atoms with Crippen LogP contribution < -0.4 is 0 Å². The van der Waals surface area contributed by atoms with Crippen LogP contribution in [0, 0.1) is 5.92 Å². The average Bonchev–Trinajstić information content (AvgIpc) is 3.05. The summed E-state index contributed by atoms with van der Waals surface area (Å²) < 4.78 is 42.7. The number of likely N-dealkylation sites (tertiary alicyclic amines) is 1. The number of hydrogen-bond acceptors (Lipinski definition) is 3. The van der Waals surface area contributed by atoms with Crippen LogP contribution >= 0.6 is 12.4 Å². The first kappa shape index (κ1) is 23.8. The zero-order valence-electron chi connectivity index (χ0n) is 18.8. The Bertz CT molecular complexity index is 1100. The van der Waals surface area contributed by atoms with Crippen molar-refractivity contribution in [3.05, 3.63) is 59.5 Å². The number of aromatic nitrogens is 4. The second-order valence-corrected chi connectivity index (χ2v) is 9.33. The number of alkyl halides is 3. The van der Waals surface area contributed by atoms with E-state index in [0.29, 0.717) is 5.92 Å². The lowest BCUT2D eigenvalue weighted by Gasteiger charge is -2.21. The summed E-state index contributed by atoms with van der Waals surface area (Å²) in [7, 11) is 4.02. The minimum absolute atomic E-state index is 0. The predicted molar refractivity (Wildman–Crippen MR) is 123 cm³/mol. The van der Waals surface area contributed by atoms with Gasteiger partial charge in [0.05, 0.1) is 11.3 Å². The van der Waals surface area contributed by atoms with Crippen LogP contribution in [0.25, 0.3) is 11.5 Å². The lowest BCUT2D eigenvalue weighted by atomic mass is 9.94. The first-order valence-corrected chi connectivity index (χ1v) is 11.2. The van der Waals surface area contributed by atoms with Gasteiger partial charge in [-0.1, -0.05) is 12.1 Å². The van der Waals surface area contributed by atoms with E-state index in [4.69, 9.17) is 0 Å². The van der Waals surface area contributed by atoms with Crippen LogP contribution in [0.5, 0.6) is 0 Å². The van der Waals surface area contributed by atoms with Gasteiger partial charge in [0.2, 0.25) is 0 Å². The molecule has 1 aliphatic heterocycles. The molecule has 2 fully saturated rings. The van der Waals surface area contributed by atoms with E-state index in [1.807, 2.05) is 37.0 Å². The SMILES string of the molecule is Cl.Cn1cccc1-c1nnc(CCCCN2C[C@@H]3C[C@]3(c3ccc(C(F)(F)F)cc3)C2)n1C. The fourth-order valence-electron chi connectivity index (χ4n) is 5.31. The van der Waals surface area contributed by atoms with Crippen molar-refractivity contribution in [1.82, 2.24) is 24.2 Å². The number of unbranched alkanes of at least 4 members (excludes halogenated alkanes) is 1. The van der Waals surface area contributed by atoms with Gasteiger partial charge < -0.3 is 14.0 Å². The van der Waals surface area contributed by atoms with E-state index < -0.39 is 11.7 Å². The van der Waals surface area contributed by atoms with Crippen LogP contribution in [0.4, 0.5) is 13.2 Å². The molecule has 0 unspecified atom stereocenters. The van der Waals surface area contributed by atoms with Crippen LogP contribution in [-0.2, 0) is 32.1 Å². The normalized spacial score (nSPS) is 22.3. The minimum Gasteiger partial charge on any atom is -0.348 e. The Balaban J connectivity index is 0.00000259. The van der Waals surface area contributed by atoms with Gasteiger partial charge in [-0.2, -0.15) is 13.2 Å². The Labute approximate surface area is 198 Å².